The molecule has 1 rings (SSSR count). The minimum absolute atomic E-state index is 0.135. The lowest BCUT2D eigenvalue weighted by atomic mass is 10.1. The second-order valence-electron chi connectivity index (χ2n) is 3.60. The molecule has 1 amide bonds. The van der Waals surface area contributed by atoms with Gasteiger partial charge in [-0.1, -0.05) is 0 Å². The van der Waals surface area contributed by atoms with Gasteiger partial charge in [0.05, 0.1) is 5.54 Å². The van der Waals surface area contributed by atoms with Gasteiger partial charge in [0.2, 0.25) is 0 Å². The van der Waals surface area contributed by atoms with Crippen LogP contribution in [-0.2, 0) is 5.54 Å². The van der Waals surface area contributed by atoms with Crippen molar-refractivity contribution < 1.29 is 4.79 Å². The summed E-state index contributed by atoms with van der Waals surface area (Å²) >= 11 is 0. The van der Waals surface area contributed by atoms with E-state index in [2.05, 4.69) is 11.2 Å². The molecule has 0 aliphatic heterocycles. The van der Waals surface area contributed by atoms with E-state index in [1.807, 2.05) is 20.8 Å². The zero-order valence-corrected chi connectivity index (χ0v) is 7.46. The highest BCUT2D eigenvalue weighted by molar-refractivity contribution is 5.90. The largest absolute Gasteiger partial charge is 0.364 e. The number of rotatable bonds is 1. The fraction of sp³-hybridized carbons (Fsp3) is 0.500. The van der Waals surface area contributed by atoms with Crippen molar-refractivity contribution in [1.82, 2.24) is 9.78 Å². The van der Waals surface area contributed by atoms with Crippen molar-refractivity contribution in [2.45, 2.75) is 26.3 Å². The smallest absolute Gasteiger partial charge is 0.269 e. The number of primary amides is 1. The van der Waals surface area contributed by atoms with Crippen molar-refractivity contribution in [3.63, 3.8) is 0 Å². The fourth-order valence-corrected chi connectivity index (χ4v) is 0.752. The van der Waals surface area contributed by atoms with Gasteiger partial charge in [-0.05, 0) is 20.8 Å². The Morgan fingerprint density at radius 3 is 2.50 bits per heavy atom. The van der Waals surface area contributed by atoms with Crippen LogP contribution in [0.3, 0.4) is 0 Å². The number of carbonyl (C=O) groups is 1. The Bertz CT molecular complexity index is 295. The summed E-state index contributed by atoms with van der Waals surface area (Å²) < 4.78 is 1.66. The Hall–Kier alpha value is -1.32. The Labute approximate surface area is 71.4 Å². The molecule has 0 aromatic carbocycles. The molecule has 0 aliphatic rings. The molecule has 0 unspecified atom stereocenters. The number of nitrogens with zero attached hydrogens (tertiary/aromatic N) is 2. The minimum atomic E-state index is -0.544. The molecule has 1 heterocycles. The van der Waals surface area contributed by atoms with Crippen molar-refractivity contribution in [3.8, 4) is 0 Å². The van der Waals surface area contributed by atoms with E-state index in [1.54, 1.807) is 10.9 Å². The molecule has 0 atom stereocenters. The summed E-state index contributed by atoms with van der Waals surface area (Å²) in [5, 5.41) is 3.97. The molecule has 4 nitrogen and oxygen atoms in total. The van der Waals surface area contributed by atoms with Gasteiger partial charge in [-0.2, -0.15) is 5.10 Å². The van der Waals surface area contributed by atoms with E-state index in [9.17, 15) is 4.79 Å². The zero-order chi connectivity index (χ0) is 9.35. The lowest BCUT2D eigenvalue weighted by Gasteiger charge is -2.18. The van der Waals surface area contributed by atoms with Gasteiger partial charge in [-0.25, -0.2) is 0 Å². The number of amides is 1. The van der Waals surface area contributed by atoms with Crippen LogP contribution in [0, 0.1) is 6.07 Å². The molecule has 0 saturated heterocycles. The van der Waals surface area contributed by atoms with Crippen LogP contribution in [-0.4, -0.2) is 15.7 Å². The number of aromatic nitrogens is 2. The molecule has 1 aromatic heterocycles. The quantitative estimate of drug-likeness (QED) is 0.661. The molecule has 12 heavy (non-hydrogen) atoms. The van der Waals surface area contributed by atoms with Crippen LogP contribution >= 0.6 is 0 Å². The molecule has 0 spiro atoms. The standard InChI is InChI=1S/C8H12N3O/c1-8(2,3)11-5-4-6(10-11)7(9)12/h5H,1-3H3,(H2,9,12). The summed E-state index contributed by atoms with van der Waals surface area (Å²) in [6, 6.07) is 2.69. The maximum absolute atomic E-state index is 10.7. The topological polar surface area (TPSA) is 60.9 Å². The van der Waals surface area contributed by atoms with E-state index in [-0.39, 0.29) is 11.2 Å². The summed E-state index contributed by atoms with van der Waals surface area (Å²) in [5.74, 6) is -0.544. The van der Waals surface area contributed by atoms with Gasteiger partial charge in [-0.15, -0.1) is 0 Å². The van der Waals surface area contributed by atoms with E-state index in [0.717, 1.165) is 0 Å². The molecule has 1 aromatic rings. The summed E-state index contributed by atoms with van der Waals surface area (Å²) in [5.41, 5.74) is 5.07. The van der Waals surface area contributed by atoms with Gasteiger partial charge in [0.25, 0.3) is 5.91 Å². The van der Waals surface area contributed by atoms with Crippen LogP contribution in [0.5, 0.6) is 0 Å². The van der Waals surface area contributed by atoms with Crippen LogP contribution in [0.4, 0.5) is 0 Å². The maximum atomic E-state index is 10.7. The minimum Gasteiger partial charge on any atom is -0.364 e. The molecule has 4 heteroatoms. The number of nitrogens with two attached hydrogens (primary N) is 1. The predicted octanol–water partition coefficient (Wildman–Crippen LogP) is 0.537. The third-order valence-electron chi connectivity index (χ3n) is 1.45. The highest BCUT2D eigenvalue weighted by atomic mass is 16.1. The lowest BCUT2D eigenvalue weighted by molar-refractivity contribution is 0.0994. The molecule has 0 fully saturated rings. The Balaban J connectivity index is 3.00. The summed E-state index contributed by atoms with van der Waals surface area (Å²) in [7, 11) is 0. The molecule has 0 saturated carbocycles. The Morgan fingerprint density at radius 2 is 2.25 bits per heavy atom. The van der Waals surface area contributed by atoms with Gasteiger partial charge in [-0.3, -0.25) is 9.48 Å². The first-order valence-corrected chi connectivity index (χ1v) is 3.69. The predicted molar refractivity (Wildman–Crippen MR) is 44.6 cm³/mol. The average Bonchev–Trinajstić information content (AvgIpc) is 2.30. The van der Waals surface area contributed by atoms with Gasteiger partial charge >= 0.3 is 0 Å². The first-order valence-electron chi connectivity index (χ1n) is 3.69. The fourth-order valence-electron chi connectivity index (χ4n) is 0.752. The lowest BCUT2D eigenvalue weighted by Crippen LogP contribution is -2.23. The molecule has 0 bridgehead atoms. The first-order chi connectivity index (χ1) is 5.41. The van der Waals surface area contributed by atoms with Crippen molar-refractivity contribution in [2.75, 3.05) is 0 Å². The SMILES string of the molecule is CC(C)(C)n1c[c]c(C(N)=O)n1. The summed E-state index contributed by atoms with van der Waals surface area (Å²) in [4.78, 5) is 10.7. The molecule has 65 valence electrons. The van der Waals surface area contributed by atoms with Gasteiger partial charge in [0.15, 0.2) is 5.69 Å². The van der Waals surface area contributed by atoms with E-state index in [4.69, 9.17) is 5.73 Å². The van der Waals surface area contributed by atoms with E-state index in [0.29, 0.717) is 0 Å². The first kappa shape index (κ1) is 8.77. The number of hydrogen-bond acceptors (Lipinski definition) is 2. The molecular formula is C8H12N3O. The summed E-state index contributed by atoms with van der Waals surface area (Å²) in [6.07, 6.45) is 1.63. The average molecular weight is 166 g/mol. The maximum Gasteiger partial charge on any atom is 0.269 e. The van der Waals surface area contributed by atoms with Crippen molar-refractivity contribution in [2.24, 2.45) is 5.73 Å². The Kier molecular flexibility index (Phi) is 1.92. The Morgan fingerprint density at radius 1 is 1.67 bits per heavy atom. The monoisotopic (exact) mass is 166 g/mol. The van der Waals surface area contributed by atoms with E-state index in [1.165, 1.54) is 0 Å². The highest BCUT2D eigenvalue weighted by Crippen LogP contribution is 2.11. The van der Waals surface area contributed by atoms with Crippen LogP contribution in [0.2, 0.25) is 0 Å². The normalized spacial score (nSPS) is 11.6. The van der Waals surface area contributed by atoms with E-state index >= 15 is 0 Å². The van der Waals surface area contributed by atoms with Crippen LogP contribution in [0.15, 0.2) is 6.20 Å². The van der Waals surface area contributed by atoms with E-state index < -0.39 is 5.91 Å². The van der Waals surface area contributed by atoms with Crippen molar-refractivity contribution in [1.29, 1.82) is 0 Å². The zero-order valence-electron chi connectivity index (χ0n) is 7.46. The third-order valence-corrected chi connectivity index (χ3v) is 1.45. The molecule has 0 aliphatic carbocycles. The second kappa shape index (κ2) is 2.62. The van der Waals surface area contributed by atoms with Gasteiger partial charge in [0, 0.05) is 12.3 Å². The molecule has 1 radical (unpaired) electrons. The highest BCUT2D eigenvalue weighted by Gasteiger charge is 2.15. The number of hydrogen-bond donors (Lipinski definition) is 1. The van der Waals surface area contributed by atoms with Crippen molar-refractivity contribution >= 4 is 5.91 Å². The number of carbonyl (C=O) groups excluding carboxylic acids is 1. The molecular weight excluding hydrogens is 154 g/mol. The van der Waals surface area contributed by atoms with Gasteiger partial charge in [0.1, 0.15) is 0 Å². The van der Waals surface area contributed by atoms with Crippen molar-refractivity contribution in [3.05, 3.63) is 18.0 Å². The third kappa shape index (κ3) is 1.64. The van der Waals surface area contributed by atoms with Crippen LogP contribution in [0.25, 0.3) is 0 Å². The van der Waals surface area contributed by atoms with Crippen LogP contribution in [0.1, 0.15) is 31.3 Å². The molecule has 2 N–H and O–H groups in total. The summed E-state index contributed by atoms with van der Waals surface area (Å²) in [6.45, 7) is 5.95. The second-order valence-corrected chi connectivity index (χ2v) is 3.60. The van der Waals surface area contributed by atoms with Gasteiger partial charge < -0.3 is 5.73 Å². The van der Waals surface area contributed by atoms with Crippen LogP contribution < -0.4 is 5.73 Å².